The zero-order valence-corrected chi connectivity index (χ0v) is 9.99. The molecule has 13 heavy (non-hydrogen) atoms. The lowest BCUT2D eigenvalue weighted by Crippen LogP contribution is -2.30. The van der Waals surface area contributed by atoms with E-state index in [4.69, 9.17) is 0 Å². The summed E-state index contributed by atoms with van der Waals surface area (Å²) in [5, 5.41) is 3.20. The Morgan fingerprint density at radius 2 is 2.23 bits per heavy atom. The smallest absolute Gasteiger partial charge is 0.242 e. The number of hydrogen-bond acceptors (Lipinski definition) is 4. The Morgan fingerprint density at radius 1 is 1.62 bits per heavy atom. The first kappa shape index (κ1) is 10.6. The van der Waals surface area contributed by atoms with Gasteiger partial charge in [0.15, 0.2) is 0 Å². The van der Waals surface area contributed by atoms with Crippen molar-refractivity contribution in [2.24, 2.45) is 0 Å². The van der Waals surface area contributed by atoms with Crippen LogP contribution in [0.25, 0.3) is 0 Å². The van der Waals surface area contributed by atoms with Crippen molar-refractivity contribution >= 4 is 38.5 Å². The van der Waals surface area contributed by atoms with E-state index in [9.17, 15) is 4.79 Å². The minimum absolute atomic E-state index is 0.122. The van der Waals surface area contributed by atoms with E-state index in [1.807, 2.05) is 0 Å². The molecule has 0 aliphatic rings. The number of carbonyl (C=O) groups is 1. The topological polar surface area (TPSA) is 54.9 Å². The molecular formula is C7H10BrN3OS. The standard InChI is InChI=1S/C7H10BrN3OS/c1-4-9-6(13-11-4)10-5(12)7(2,3)8/h1-3H3,(H,9,10,11,12). The van der Waals surface area contributed by atoms with Gasteiger partial charge >= 0.3 is 0 Å². The predicted molar refractivity (Wildman–Crippen MR) is 56.3 cm³/mol. The van der Waals surface area contributed by atoms with Crippen molar-refractivity contribution in [2.45, 2.75) is 25.1 Å². The number of alkyl halides is 1. The van der Waals surface area contributed by atoms with Crippen LogP contribution in [0.1, 0.15) is 19.7 Å². The van der Waals surface area contributed by atoms with E-state index in [-0.39, 0.29) is 5.91 Å². The van der Waals surface area contributed by atoms with Gasteiger partial charge in [-0.3, -0.25) is 10.1 Å². The summed E-state index contributed by atoms with van der Waals surface area (Å²) in [6.45, 7) is 5.33. The highest BCUT2D eigenvalue weighted by atomic mass is 79.9. The van der Waals surface area contributed by atoms with Crippen molar-refractivity contribution in [1.82, 2.24) is 9.36 Å². The summed E-state index contributed by atoms with van der Waals surface area (Å²) in [4.78, 5) is 15.4. The molecule has 0 unspecified atom stereocenters. The lowest BCUT2D eigenvalue weighted by Gasteiger charge is -2.13. The maximum absolute atomic E-state index is 11.4. The predicted octanol–water partition coefficient (Wildman–Crippen LogP) is 1.96. The average Bonchev–Trinajstić information content (AvgIpc) is 2.33. The summed E-state index contributed by atoms with van der Waals surface area (Å²) in [5.74, 6) is 0.552. The van der Waals surface area contributed by atoms with Gasteiger partial charge in [-0.25, -0.2) is 4.98 Å². The third-order valence-electron chi connectivity index (χ3n) is 1.29. The second-order valence-electron chi connectivity index (χ2n) is 3.07. The van der Waals surface area contributed by atoms with Crippen LogP contribution in [0.5, 0.6) is 0 Å². The first-order chi connectivity index (χ1) is 5.89. The van der Waals surface area contributed by atoms with Gasteiger partial charge in [-0.15, -0.1) is 0 Å². The number of halogens is 1. The molecule has 0 aliphatic heterocycles. The summed E-state index contributed by atoms with van der Waals surface area (Å²) in [6.07, 6.45) is 0. The molecule has 6 heteroatoms. The normalized spacial score (nSPS) is 11.4. The van der Waals surface area contributed by atoms with Crippen LogP contribution in [-0.2, 0) is 4.79 Å². The van der Waals surface area contributed by atoms with Crippen LogP contribution in [0.15, 0.2) is 0 Å². The van der Waals surface area contributed by atoms with Crippen molar-refractivity contribution in [3.8, 4) is 0 Å². The monoisotopic (exact) mass is 263 g/mol. The number of nitrogens with one attached hydrogen (secondary N) is 1. The molecule has 0 radical (unpaired) electrons. The highest BCUT2D eigenvalue weighted by Crippen LogP contribution is 2.19. The van der Waals surface area contributed by atoms with E-state index in [1.165, 1.54) is 11.5 Å². The first-order valence-corrected chi connectivity index (χ1v) is 5.27. The minimum Gasteiger partial charge on any atom is -0.300 e. The molecule has 1 aromatic rings. The third kappa shape index (κ3) is 3.04. The van der Waals surface area contributed by atoms with Gasteiger partial charge in [-0.2, -0.15) is 4.37 Å². The molecule has 0 saturated carbocycles. The van der Waals surface area contributed by atoms with E-state index in [2.05, 4.69) is 30.6 Å². The van der Waals surface area contributed by atoms with Crippen molar-refractivity contribution < 1.29 is 4.79 Å². The molecule has 1 aromatic heterocycles. The summed E-state index contributed by atoms with van der Waals surface area (Å²) in [7, 11) is 0. The zero-order chi connectivity index (χ0) is 10.1. The Balaban J connectivity index is 2.65. The number of aryl methyl sites for hydroxylation is 1. The van der Waals surface area contributed by atoms with Crippen LogP contribution in [0.2, 0.25) is 0 Å². The van der Waals surface area contributed by atoms with Gasteiger partial charge < -0.3 is 0 Å². The number of aromatic nitrogens is 2. The van der Waals surface area contributed by atoms with Crippen molar-refractivity contribution in [3.63, 3.8) is 0 Å². The van der Waals surface area contributed by atoms with Gasteiger partial charge in [0.05, 0.1) is 4.32 Å². The fourth-order valence-electron chi connectivity index (χ4n) is 0.594. The molecule has 1 N–H and O–H groups in total. The largest absolute Gasteiger partial charge is 0.300 e. The first-order valence-electron chi connectivity index (χ1n) is 3.70. The molecule has 0 bridgehead atoms. The number of hydrogen-bond donors (Lipinski definition) is 1. The minimum atomic E-state index is -0.577. The van der Waals surface area contributed by atoms with Gasteiger partial charge in [0.2, 0.25) is 11.0 Å². The van der Waals surface area contributed by atoms with Crippen molar-refractivity contribution in [2.75, 3.05) is 5.32 Å². The molecule has 1 amide bonds. The van der Waals surface area contributed by atoms with Gasteiger partial charge in [0.1, 0.15) is 5.82 Å². The Kier molecular flexibility index (Phi) is 3.02. The van der Waals surface area contributed by atoms with Gasteiger partial charge in [0, 0.05) is 11.5 Å². The quantitative estimate of drug-likeness (QED) is 0.831. The highest BCUT2D eigenvalue weighted by Gasteiger charge is 2.24. The van der Waals surface area contributed by atoms with Crippen LogP contribution in [0, 0.1) is 6.92 Å². The molecule has 1 rings (SSSR count). The number of carbonyl (C=O) groups excluding carboxylic acids is 1. The van der Waals surface area contributed by atoms with Crippen LogP contribution in [-0.4, -0.2) is 19.6 Å². The number of amides is 1. The van der Waals surface area contributed by atoms with Crippen LogP contribution in [0.3, 0.4) is 0 Å². The summed E-state index contributed by atoms with van der Waals surface area (Å²) >= 11 is 4.43. The second-order valence-corrected chi connectivity index (χ2v) is 5.81. The molecule has 4 nitrogen and oxygen atoms in total. The molecule has 1 heterocycles. The number of rotatable bonds is 2. The molecule has 0 aromatic carbocycles. The Bertz CT molecular complexity index is 318. The maximum atomic E-state index is 11.4. The van der Waals surface area contributed by atoms with Crippen molar-refractivity contribution in [3.05, 3.63) is 5.82 Å². The Labute approximate surface area is 89.1 Å². The van der Waals surface area contributed by atoms with Crippen LogP contribution < -0.4 is 5.32 Å². The van der Waals surface area contributed by atoms with E-state index >= 15 is 0 Å². The Hall–Kier alpha value is -0.490. The van der Waals surface area contributed by atoms with Crippen LogP contribution >= 0.6 is 27.5 Å². The summed E-state index contributed by atoms with van der Waals surface area (Å²) in [6, 6.07) is 0. The van der Waals surface area contributed by atoms with Gasteiger partial charge in [-0.1, -0.05) is 15.9 Å². The lowest BCUT2D eigenvalue weighted by atomic mass is 10.2. The molecule has 0 atom stereocenters. The fraction of sp³-hybridized carbons (Fsp3) is 0.571. The number of anilines is 1. The highest BCUT2D eigenvalue weighted by molar-refractivity contribution is 9.10. The molecule has 0 fully saturated rings. The van der Waals surface area contributed by atoms with E-state index in [0.29, 0.717) is 11.0 Å². The van der Waals surface area contributed by atoms with E-state index in [1.54, 1.807) is 20.8 Å². The van der Waals surface area contributed by atoms with Crippen molar-refractivity contribution in [1.29, 1.82) is 0 Å². The lowest BCUT2D eigenvalue weighted by molar-refractivity contribution is -0.117. The zero-order valence-electron chi connectivity index (χ0n) is 7.59. The fourth-order valence-corrected chi connectivity index (χ4v) is 1.26. The Morgan fingerprint density at radius 3 is 2.62 bits per heavy atom. The third-order valence-corrected chi connectivity index (χ3v) is 2.37. The molecular weight excluding hydrogens is 254 g/mol. The van der Waals surface area contributed by atoms with E-state index in [0.717, 1.165) is 0 Å². The molecule has 0 saturated heterocycles. The van der Waals surface area contributed by atoms with E-state index < -0.39 is 4.32 Å². The number of nitrogens with zero attached hydrogens (tertiary/aromatic N) is 2. The van der Waals surface area contributed by atoms with Gasteiger partial charge in [-0.05, 0) is 20.8 Å². The summed E-state index contributed by atoms with van der Waals surface area (Å²) < 4.78 is 3.38. The van der Waals surface area contributed by atoms with Gasteiger partial charge in [0.25, 0.3) is 0 Å². The maximum Gasteiger partial charge on any atom is 0.242 e. The molecule has 0 aliphatic carbocycles. The molecule has 0 spiro atoms. The summed E-state index contributed by atoms with van der Waals surface area (Å²) in [5.41, 5.74) is 0. The average molecular weight is 264 g/mol. The molecule has 72 valence electrons. The SMILES string of the molecule is Cc1nsc(NC(=O)C(C)(C)Br)n1. The van der Waals surface area contributed by atoms with Crippen LogP contribution in [0.4, 0.5) is 5.13 Å². The second kappa shape index (κ2) is 3.71.